The fourth-order valence-corrected chi connectivity index (χ4v) is 1.17. The van der Waals surface area contributed by atoms with Gasteiger partial charge in [-0.1, -0.05) is 0 Å². The second-order valence-corrected chi connectivity index (χ2v) is 3.26. The van der Waals surface area contributed by atoms with E-state index in [1.54, 1.807) is 7.05 Å². The highest BCUT2D eigenvalue weighted by molar-refractivity contribution is 5.69. The highest BCUT2D eigenvalue weighted by Crippen LogP contribution is 2.12. The molecule has 0 saturated heterocycles. The molecule has 1 N–H and O–H groups in total. The minimum atomic E-state index is -0.227. The van der Waals surface area contributed by atoms with Crippen molar-refractivity contribution < 1.29 is 9.53 Å². The van der Waals surface area contributed by atoms with Crippen molar-refractivity contribution in [1.82, 2.24) is 9.97 Å². The fraction of sp³-hybridized carbons (Fsp3) is 0.500. The van der Waals surface area contributed by atoms with Crippen LogP contribution in [0.4, 0.5) is 11.6 Å². The SMILES string of the molecule is CNc1cc(N(C)CCC(=O)OC)ncn1. The Balaban J connectivity index is 2.58. The van der Waals surface area contributed by atoms with E-state index < -0.39 is 0 Å². The van der Waals surface area contributed by atoms with Crippen LogP contribution in [0.3, 0.4) is 0 Å². The van der Waals surface area contributed by atoms with Gasteiger partial charge in [0.25, 0.3) is 0 Å². The Morgan fingerprint density at radius 1 is 1.56 bits per heavy atom. The summed E-state index contributed by atoms with van der Waals surface area (Å²) in [6.45, 7) is 0.562. The first kappa shape index (κ1) is 12.2. The summed E-state index contributed by atoms with van der Waals surface area (Å²) in [5.74, 6) is 1.29. The van der Waals surface area contributed by atoms with Gasteiger partial charge in [0.05, 0.1) is 13.5 Å². The Labute approximate surface area is 94.6 Å². The fourth-order valence-electron chi connectivity index (χ4n) is 1.17. The molecule has 0 fully saturated rings. The van der Waals surface area contributed by atoms with Gasteiger partial charge in [0.1, 0.15) is 18.0 Å². The highest BCUT2D eigenvalue weighted by atomic mass is 16.5. The molecule has 88 valence electrons. The summed E-state index contributed by atoms with van der Waals surface area (Å²) in [5, 5.41) is 2.93. The summed E-state index contributed by atoms with van der Waals surface area (Å²) in [7, 11) is 5.04. The average molecular weight is 224 g/mol. The maximum atomic E-state index is 11.0. The van der Waals surface area contributed by atoms with Gasteiger partial charge in [-0.05, 0) is 0 Å². The van der Waals surface area contributed by atoms with E-state index in [-0.39, 0.29) is 5.97 Å². The lowest BCUT2D eigenvalue weighted by molar-refractivity contribution is -0.140. The summed E-state index contributed by atoms with van der Waals surface area (Å²) in [6.07, 6.45) is 1.82. The minimum Gasteiger partial charge on any atom is -0.469 e. The molecule has 0 amide bonds. The molecule has 0 atom stereocenters. The quantitative estimate of drug-likeness (QED) is 0.735. The van der Waals surface area contributed by atoms with Crippen LogP contribution >= 0.6 is 0 Å². The lowest BCUT2D eigenvalue weighted by atomic mass is 10.4. The topological polar surface area (TPSA) is 67.4 Å². The number of methoxy groups -OCH3 is 1. The van der Waals surface area contributed by atoms with E-state index >= 15 is 0 Å². The molecule has 1 rings (SSSR count). The number of hydrogen-bond acceptors (Lipinski definition) is 6. The zero-order valence-electron chi connectivity index (χ0n) is 9.73. The number of carbonyl (C=O) groups excluding carboxylic acids is 1. The molecule has 1 heterocycles. The van der Waals surface area contributed by atoms with Crippen molar-refractivity contribution in [3.05, 3.63) is 12.4 Å². The van der Waals surface area contributed by atoms with Crippen LogP contribution in [0.2, 0.25) is 0 Å². The number of hydrogen-bond donors (Lipinski definition) is 1. The van der Waals surface area contributed by atoms with E-state index in [4.69, 9.17) is 0 Å². The molecular weight excluding hydrogens is 208 g/mol. The van der Waals surface area contributed by atoms with Gasteiger partial charge in [0, 0.05) is 26.7 Å². The Bertz CT molecular complexity index is 356. The second kappa shape index (κ2) is 5.89. The average Bonchev–Trinajstić information content (AvgIpc) is 2.35. The molecule has 0 aliphatic heterocycles. The molecule has 0 bridgehead atoms. The minimum absolute atomic E-state index is 0.227. The Morgan fingerprint density at radius 2 is 2.31 bits per heavy atom. The Hall–Kier alpha value is -1.85. The predicted molar refractivity (Wildman–Crippen MR) is 61.5 cm³/mol. The van der Waals surface area contributed by atoms with Crippen molar-refractivity contribution in [2.75, 3.05) is 38.0 Å². The molecule has 0 aliphatic carbocycles. The third kappa shape index (κ3) is 3.38. The third-order valence-electron chi connectivity index (χ3n) is 2.18. The van der Waals surface area contributed by atoms with Gasteiger partial charge < -0.3 is 15.0 Å². The van der Waals surface area contributed by atoms with Crippen LogP contribution in [-0.2, 0) is 9.53 Å². The van der Waals surface area contributed by atoms with E-state index in [0.29, 0.717) is 13.0 Å². The van der Waals surface area contributed by atoms with E-state index in [1.165, 1.54) is 13.4 Å². The van der Waals surface area contributed by atoms with Gasteiger partial charge in [-0.25, -0.2) is 9.97 Å². The largest absolute Gasteiger partial charge is 0.469 e. The number of anilines is 2. The Morgan fingerprint density at radius 3 is 2.94 bits per heavy atom. The van der Waals surface area contributed by atoms with E-state index in [0.717, 1.165) is 11.6 Å². The van der Waals surface area contributed by atoms with Gasteiger partial charge in [-0.2, -0.15) is 0 Å². The van der Waals surface area contributed by atoms with Crippen molar-refractivity contribution in [3.63, 3.8) is 0 Å². The van der Waals surface area contributed by atoms with Crippen LogP contribution < -0.4 is 10.2 Å². The highest BCUT2D eigenvalue weighted by Gasteiger charge is 2.06. The van der Waals surface area contributed by atoms with Crippen LogP contribution in [0.1, 0.15) is 6.42 Å². The second-order valence-electron chi connectivity index (χ2n) is 3.26. The Kier molecular flexibility index (Phi) is 4.50. The zero-order valence-corrected chi connectivity index (χ0v) is 9.73. The van der Waals surface area contributed by atoms with Crippen molar-refractivity contribution in [2.24, 2.45) is 0 Å². The monoisotopic (exact) mass is 224 g/mol. The van der Waals surface area contributed by atoms with Crippen molar-refractivity contribution in [1.29, 1.82) is 0 Å². The summed E-state index contributed by atoms with van der Waals surface area (Å²) in [4.78, 5) is 21.0. The van der Waals surface area contributed by atoms with Crippen LogP contribution in [0, 0.1) is 0 Å². The first-order valence-electron chi connectivity index (χ1n) is 4.95. The molecule has 0 aliphatic rings. The molecular formula is C10H16N4O2. The summed E-state index contributed by atoms with van der Waals surface area (Å²) >= 11 is 0. The zero-order chi connectivity index (χ0) is 12.0. The van der Waals surface area contributed by atoms with Crippen LogP contribution in [-0.4, -0.2) is 43.7 Å². The number of nitrogens with zero attached hydrogens (tertiary/aromatic N) is 3. The van der Waals surface area contributed by atoms with E-state index in [2.05, 4.69) is 20.0 Å². The molecule has 1 aromatic heterocycles. The van der Waals surface area contributed by atoms with E-state index in [9.17, 15) is 4.79 Å². The van der Waals surface area contributed by atoms with Gasteiger partial charge in [0.15, 0.2) is 0 Å². The number of ether oxygens (including phenoxy) is 1. The number of carbonyl (C=O) groups is 1. The van der Waals surface area contributed by atoms with Crippen molar-refractivity contribution in [2.45, 2.75) is 6.42 Å². The molecule has 0 unspecified atom stereocenters. The van der Waals surface area contributed by atoms with Crippen LogP contribution in [0.15, 0.2) is 12.4 Å². The maximum Gasteiger partial charge on any atom is 0.307 e. The van der Waals surface area contributed by atoms with Gasteiger partial charge >= 0.3 is 5.97 Å². The van der Waals surface area contributed by atoms with Gasteiger partial charge in [-0.15, -0.1) is 0 Å². The summed E-state index contributed by atoms with van der Waals surface area (Å²) < 4.78 is 4.57. The molecule has 16 heavy (non-hydrogen) atoms. The first-order valence-corrected chi connectivity index (χ1v) is 4.95. The smallest absolute Gasteiger partial charge is 0.307 e. The number of aromatic nitrogens is 2. The number of nitrogens with one attached hydrogen (secondary N) is 1. The maximum absolute atomic E-state index is 11.0. The molecule has 0 aromatic carbocycles. The number of rotatable bonds is 5. The van der Waals surface area contributed by atoms with E-state index in [1.807, 2.05) is 18.0 Å². The molecule has 0 spiro atoms. The van der Waals surface area contributed by atoms with Gasteiger partial charge in [0.2, 0.25) is 0 Å². The predicted octanol–water partition coefficient (Wildman–Crippen LogP) is 0.518. The molecule has 0 radical (unpaired) electrons. The molecule has 1 aromatic rings. The van der Waals surface area contributed by atoms with Crippen LogP contribution in [0.25, 0.3) is 0 Å². The summed E-state index contributed by atoms with van der Waals surface area (Å²) in [6, 6.07) is 1.82. The molecule has 6 heteroatoms. The standard InChI is InChI=1S/C10H16N4O2/c1-11-8-6-9(13-7-12-8)14(2)5-4-10(15)16-3/h6-7H,4-5H2,1-3H3,(H,11,12,13). The first-order chi connectivity index (χ1) is 7.67. The molecule has 6 nitrogen and oxygen atoms in total. The van der Waals surface area contributed by atoms with Crippen molar-refractivity contribution in [3.8, 4) is 0 Å². The number of esters is 1. The summed E-state index contributed by atoms with van der Waals surface area (Å²) in [5.41, 5.74) is 0. The van der Waals surface area contributed by atoms with Gasteiger partial charge in [-0.3, -0.25) is 4.79 Å². The van der Waals surface area contributed by atoms with Crippen LogP contribution in [0.5, 0.6) is 0 Å². The third-order valence-corrected chi connectivity index (χ3v) is 2.18. The lowest BCUT2D eigenvalue weighted by Crippen LogP contribution is -2.22. The van der Waals surface area contributed by atoms with Crippen molar-refractivity contribution >= 4 is 17.6 Å². The molecule has 0 saturated carbocycles. The lowest BCUT2D eigenvalue weighted by Gasteiger charge is -2.17. The normalized spacial score (nSPS) is 9.69.